The highest BCUT2D eigenvalue weighted by Gasteiger charge is 2.23. The zero-order chi connectivity index (χ0) is 9.97. The topological polar surface area (TPSA) is 59.2 Å². The number of carbonyl (C=O) groups excluding carboxylic acids is 1. The summed E-state index contributed by atoms with van der Waals surface area (Å²) < 4.78 is 4.51. The Morgan fingerprint density at radius 3 is 2.57 bits per heavy atom. The second-order valence-corrected chi connectivity index (χ2v) is 3.55. The summed E-state index contributed by atoms with van der Waals surface area (Å²) >= 11 is 0. The molecule has 0 aromatic carbocycles. The van der Waals surface area contributed by atoms with Crippen LogP contribution in [0.25, 0.3) is 0 Å². The Morgan fingerprint density at radius 1 is 1.29 bits per heavy atom. The predicted molar refractivity (Wildman–Crippen MR) is 48.8 cm³/mol. The molecule has 0 bridgehead atoms. The van der Waals surface area contributed by atoms with E-state index in [1.54, 1.807) is 6.92 Å². The van der Waals surface area contributed by atoms with Crippen LogP contribution in [0.15, 0.2) is 4.63 Å². The van der Waals surface area contributed by atoms with Crippen LogP contribution in [0, 0.1) is 6.92 Å². The fourth-order valence-corrected chi connectivity index (χ4v) is 1.67. The van der Waals surface area contributed by atoms with Gasteiger partial charge in [-0.15, -0.1) is 0 Å². The zero-order valence-electron chi connectivity index (χ0n) is 8.19. The van der Waals surface area contributed by atoms with E-state index in [9.17, 15) is 4.79 Å². The lowest BCUT2D eigenvalue weighted by molar-refractivity contribution is 0.0712. The summed E-state index contributed by atoms with van der Waals surface area (Å²) in [5, 5.41) is 7.21. The van der Waals surface area contributed by atoms with E-state index in [4.69, 9.17) is 0 Å². The molecule has 1 aromatic heterocycles. The van der Waals surface area contributed by atoms with Crippen molar-refractivity contribution in [1.82, 2.24) is 15.2 Å². The van der Waals surface area contributed by atoms with Crippen molar-refractivity contribution in [3.63, 3.8) is 0 Å². The van der Waals surface area contributed by atoms with Gasteiger partial charge >= 0.3 is 0 Å². The van der Waals surface area contributed by atoms with Crippen molar-refractivity contribution in [3.8, 4) is 0 Å². The number of aromatic nitrogens is 2. The quantitative estimate of drug-likeness (QED) is 0.670. The molecular formula is C9H13N3O2. The number of piperidine rings is 1. The van der Waals surface area contributed by atoms with Crippen LogP contribution in [0.5, 0.6) is 0 Å². The molecule has 0 spiro atoms. The molecule has 1 aromatic rings. The average Bonchev–Trinajstić information content (AvgIpc) is 2.65. The molecule has 5 heteroatoms. The van der Waals surface area contributed by atoms with Gasteiger partial charge in [-0.25, -0.2) is 4.63 Å². The lowest BCUT2D eigenvalue weighted by atomic mass is 10.1. The van der Waals surface area contributed by atoms with Gasteiger partial charge in [-0.05, 0) is 31.3 Å². The molecule has 0 atom stereocenters. The minimum Gasteiger partial charge on any atom is -0.337 e. The standard InChI is InChI=1S/C9H13N3O2/c1-7-8(11-14-10-7)9(13)12-5-3-2-4-6-12/h2-6H2,1H3. The predicted octanol–water partition coefficient (Wildman–Crippen LogP) is 1.00. The third-order valence-electron chi connectivity index (χ3n) is 2.50. The molecule has 2 heterocycles. The molecule has 2 rings (SSSR count). The normalized spacial score (nSPS) is 17.1. The first-order valence-electron chi connectivity index (χ1n) is 4.87. The average molecular weight is 195 g/mol. The molecule has 5 nitrogen and oxygen atoms in total. The molecule has 1 amide bonds. The van der Waals surface area contributed by atoms with Crippen LogP contribution < -0.4 is 0 Å². The monoisotopic (exact) mass is 195 g/mol. The number of nitrogens with zero attached hydrogens (tertiary/aromatic N) is 3. The van der Waals surface area contributed by atoms with Crippen LogP contribution >= 0.6 is 0 Å². The third-order valence-corrected chi connectivity index (χ3v) is 2.50. The van der Waals surface area contributed by atoms with Gasteiger partial charge in [-0.3, -0.25) is 4.79 Å². The minimum atomic E-state index is -0.0524. The fraction of sp³-hybridized carbons (Fsp3) is 0.667. The van der Waals surface area contributed by atoms with E-state index in [0.29, 0.717) is 11.4 Å². The first-order valence-corrected chi connectivity index (χ1v) is 4.87. The van der Waals surface area contributed by atoms with Crippen molar-refractivity contribution in [2.45, 2.75) is 26.2 Å². The van der Waals surface area contributed by atoms with E-state index in [1.165, 1.54) is 6.42 Å². The van der Waals surface area contributed by atoms with Crippen molar-refractivity contribution in [3.05, 3.63) is 11.4 Å². The van der Waals surface area contributed by atoms with Gasteiger partial charge in [-0.1, -0.05) is 5.16 Å². The number of hydrogen-bond donors (Lipinski definition) is 0. The van der Waals surface area contributed by atoms with Crippen LogP contribution in [0.4, 0.5) is 0 Å². The molecule has 1 aliphatic rings. The summed E-state index contributed by atoms with van der Waals surface area (Å²) in [5.41, 5.74) is 0.924. The molecule has 0 aliphatic carbocycles. The Kier molecular flexibility index (Phi) is 2.47. The highest BCUT2D eigenvalue weighted by atomic mass is 16.6. The van der Waals surface area contributed by atoms with Crippen molar-refractivity contribution in [2.75, 3.05) is 13.1 Å². The minimum absolute atomic E-state index is 0.0524. The Hall–Kier alpha value is -1.39. The Bertz CT molecular complexity index is 329. The number of carbonyl (C=O) groups is 1. The molecule has 0 radical (unpaired) electrons. The molecule has 14 heavy (non-hydrogen) atoms. The van der Waals surface area contributed by atoms with Crippen LogP contribution in [0.3, 0.4) is 0 Å². The third kappa shape index (κ3) is 1.62. The second-order valence-electron chi connectivity index (χ2n) is 3.55. The lowest BCUT2D eigenvalue weighted by Gasteiger charge is -2.25. The number of rotatable bonds is 1. The first-order chi connectivity index (χ1) is 6.79. The van der Waals surface area contributed by atoms with Gasteiger partial charge in [-0.2, -0.15) is 0 Å². The Balaban J connectivity index is 2.11. The van der Waals surface area contributed by atoms with Crippen LogP contribution in [0.1, 0.15) is 35.4 Å². The van der Waals surface area contributed by atoms with Crippen LogP contribution in [-0.2, 0) is 0 Å². The highest BCUT2D eigenvalue weighted by molar-refractivity contribution is 5.93. The summed E-state index contributed by atoms with van der Waals surface area (Å²) in [6.07, 6.45) is 3.37. The van der Waals surface area contributed by atoms with E-state index in [0.717, 1.165) is 25.9 Å². The van der Waals surface area contributed by atoms with Gasteiger partial charge in [0.1, 0.15) is 5.69 Å². The smallest absolute Gasteiger partial charge is 0.278 e. The van der Waals surface area contributed by atoms with Gasteiger partial charge < -0.3 is 4.90 Å². The zero-order valence-corrected chi connectivity index (χ0v) is 8.19. The summed E-state index contributed by atoms with van der Waals surface area (Å²) in [6.45, 7) is 3.38. The number of aryl methyl sites for hydroxylation is 1. The van der Waals surface area contributed by atoms with Crippen molar-refractivity contribution >= 4 is 5.91 Å². The van der Waals surface area contributed by atoms with Crippen molar-refractivity contribution < 1.29 is 9.42 Å². The second kappa shape index (κ2) is 3.77. The molecule has 1 fully saturated rings. The van der Waals surface area contributed by atoms with Crippen LogP contribution in [-0.4, -0.2) is 34.2 Å². The fourth-order valence-electron chi connectivity index (χ4n) is 1.67. The molecule has 0 saturated carbocycles. The van der Waals surface area contributed by atoms with E-state index in [2.05, 4.69) is 14.9 Å². The first kappa shape index (κ1) is 9.18. The molecular weight excluding hydrogens is 182 g/mol. The molecule has 1 aliphatic heterocycles. The number of hydrogen-bond acceptors (Lipinski definition) is 4. The van der Waals surface area contributed by atoms with E-state index < -0.39 is 0 Å². The van der Waals surface area contributed by atoms with E-state index >= 15 is 0 Å². The van der Waals surface area contributed by atoms with Gasteiger partial charge in [0.05, 0.1) is 0 Å². The Morgan fingerprint density at radius 2 is 2.00 bits per heavy atom. The summed E-state index contributed by atoms with van der Waals surface area (Å²) in [6, 6.07) is 0. The van der Waals surface area contributed by atoms with Crippen LogP contribution in [0.2, 0.25) is 0 Å². The summed E-state index contributed by atoms with van der Waals surface area (Å²) in [4.78, 5) is 13.7. The maximum Gasteiger partial charge on any atom is 0.278 e. The number of likely N-dealkylation sites (tertiary alicyclic amines) is 1. The van der Waals surface area contributed by atoms with Gasteiger partial charge in [0.15, 0.2) is 5.69 Å². The molecule has 0 N–H and O–H groups in total. The largest absolute Gasteiger partial charge is 0.337 e. The maximum atomic E-state index is 11.8. The highest BCUT2D eigenvalue weighted by Crippen LogP contribution is 2.13. The molecule has 0 unspecified atom stereocenters. The molecule has 1 saturated heterocycles. The Labute approximate surface area is 82.0 Å². The van der Waals surface area contributed by atoms with Gasteiger partial charge in [0.25, 0.3) is 5.91 Å². The van der Waals surface area contributed by atoms with E-state index in [-0.39, 0.29) is 5.91 Å². The molecule has 76 valence electrons. The van der Waals surface area contributed by atoms with Gasteiger partial charge in [0.2, 0.25) is 0 Å². The maximum absolute atomic E-state index is 11.8. The van der Waals surface area contributed by atoms with Gasteiger partial charge in [0, 0.05) is 13.1 Å². The summed E-state index contributed by atoms with van der Waals surface area (Å²) in [5.74, 6) is -0.0524. The number of amides is 1. The van der Waals surface area contributed by atoms with Crippen molar-refractivity contribution in [1.29, 1.82) is 0 Å². The summed E-state index contributed by atoms with van der Waals surface area (Å²) in [7, 11) is 0. The SMILES string of the molecule is Cc1nonc1C(=O)N1CCCCC1. The lowest BCUT2D eigenvalue weighted by Crippen LogP contribution is -2.36. The van der Waals surface area contributed by atoms with E-state index in [1.807, 2.05) is 4.90 Å². The van der Waals surface area contributed by atoms with Crippen molar-refractivity contribution in [2.24, 2.45) is 0 Å².